The van der Waals surface area contributed by atoms with Crippen LogP contribution in [0.25, 0.3) is 11.3 Å². The molecule has 0 unspecified atom stereocenters. The molecule has 0 bridgehead atoms. The van der Waals surface area contributed by atoms with Crippen LogP contribution in [0, 0.1) is 0 Å². The van der Waals surface area contributed by atoms with Gasteiger partial charge in [0.15, 0.2) is 0 Å². The summed E-state index contributed by atoms with van der Waals surface area (Å²) in [7, 11) is 0. The lowest BCUT2D eigenvalue weighted by molar-refractivity contribution is 0.0950. The Labute approximate surface area is 151 Å². The van der Waals surface area contributed by atoms with Crippen molar-refractivity contribution in [3.05, 3.63) is 74.0 Å². The highest BCUT2D eigenvalue weighted by Gasteiger charge is 2.11. The van der Waals surface area contributed by atoms with E-state index in [1.165, 1.54) is 11.3 Å². The fourth-order valence-electron chi connectivity index (χ4n) is 2.06. The topological polar surface area (TPSA) is 42.0 Å². The van der Waals surface area contributed by atoms with E-state index in [1.807, 2.05) is 35.7 Å². The summed E-state index contributed by atoms with van der Waals surface area (Å²) in [4.78, 5) is 16.8. The molecule has 0 radical (unpaired) electrons. The number of carbonyl (C=O) groups is 1. The van der Waals surface area contributed by atoms with Crippen LogP contribution in [0.5, 0.6) is 0 Å². The first-order valence-corrected chi connectivity index (χ1v) is 8.91. The number of hydrogen-bond donors (Lipinski definition) is 1. The van der Waals surface area contributed by atoms with E-state index >= 15 is 0 Å². The Balaban J connectivity index is 1.68. The van der Waals surface area contributed by atoms with Gasteiger partial charge >= 0.3 is 0 Å². The molecular formula is C17H12BrClN2OS. The van der Waals surface area contributed by atoms with Gasteiger partial charge in [0.05, 0.1) is 17.8 Å². The van der Waals surface area contributed by atoms with Crippen LogP contribution in [-0.2, 0) is 6.54 Å². The molecule has 2 aromatic carbocycles. The van der Waals surface area contributed by atoms with E-state index in [9.17, 15) is 4.79 Å². The summed E-state index contributed by atoms with van der Waals surface area (Å²) in [6.07, 6.45) is 0. The van der Waals surface area contributed by atoms with E-state index in [-0.39, 0.29) is 5.91 Å². The van der Waals surface area contributed by atoms with E-state index < -0.39 is 0 Å². The Kier molecular flexibility index (Phi) is 5.10. The molecule has 3 aromatic rings. The summed E-state index contributed by atoms with van der Waals surface area (Å²) in [6.45, 7) is 0.384. The molecule has 0 saturated heterocycles. The van der Waals surface area contributed by atoms with Gasteiger partial charge in [-0.05, 0) is 34.1 Å². The van der Waals surface area contributed by atoms with Gasteiger partial charge in [-0.15, -0.1) is 11.3 Å². The van der Waals surface area contributed by atoms with Crippen molar-refractivity contribution >= 4 is 44.8 Å². The SMILES string of the molecule is O=C(NCc1nc(-c2ccccc2)cs1)c1cc(Cl)ccc1Br. The Morgan fingerprint density at radius 1 is 1.22 bits per heavy atom. The van der Waals surface area contributed by atoms with Gasteiger partial charge in [-0.2, -0.15) is 0 Å². The molecule has 1 N–H and O–H groups in total. The van der Waals surface area contributed by atoms with E-state index in [0.717, 1.165) is 16.3 Å². The minimum Gasteiger partial charge on any atom is -0.345 e. The third kappa shape index (κ3) is 3.99. The molecule has 1 aromatic heterocycles. The fourth-order valence-corrected chi connectivity index (χ4v) is 3.40. The molecule has 1 amide bonds. The number of aromatic nitrogens is 1. The van der Waals surface area contributed by atoms with Gasteiger partial charge in [0, 0.05) is 20.4 Å². The summed E-state index contributed by atoms with van der Waals surface area (Å²) < 4.78 is 0.712. The van der Waals surface area contributed by atoms with E-state index in [2.05, 4.69) is 26.2 Å². The minimum absolute atomic E-state index is 0.184. The number of rotatable bonds is 4. The fraction of sp³-hybridized carbons (Fsp3) is 0.0588. The monoisotopic (exact) mass is 406 g/mol. The average Bonchev–Trinajstić information content (AvgIpc) is 3.05. The smallest absolute Gasteiger partial charge is 0.252 e. The zero-order valence-corrected chi connectivity index (χ0v) is 15.1. The maximum absolute atomic E-state index is 12.2. The normalized spacial score (nSPS) is 10.5. The van der Waals surface area contributed by atoms with Gasteiger partial charge in [0.2, 0.25) is 0 Å². The molecule has 0 aliphatic heterocycles. The second kappa shape index (κ2) is 7.25. The molecular weight excluding hydrogens is 396 g/mol. The minimum atomic E-state index is -0.184. The van der Waals surface area contributed by atoms with Gasteiger partial charge < -0.3 is 5.32 Å². The molecule has 6 heteroatoms. The van der Waals surface area contributed by atoms with E-state index in [1.54, 1.807) is 18.2 Å². The van der Waals surface area contributed by atoms with Crippen LogP contribution in [0.1, 0.15) is 15.4 Å². The predicted octanol–water partition coefficient (Wildman–Crippen LogP) is 5.16. The molecule has 0 spiro atoms. The maximum Gasteiger partial charge on any atom is 0.252 e. The summed E-state index contributed by atoms with van der Waals surface area (Å²) >= 11 is 10.8. The third-order valence-electron chi connectivity index (χ3n) is 3.19. The summed E-state index contributed by atoms with van der Waals surface area (Å²) in [6, 6.07) is 15.1. The summed E-state index contributed by atoms with van der Waals surface area (Å²) in [5, 5.41) is 6.24. The Hall–Kier alpha value is -1.69. The predicted molar refractivity (Wildman–Crippen MR) is 97.9 cm³/mol. The Morgan fingerprint density at radius 2 is 2.00 bits per heavy atom. The number of thiazole rings is 1. The van der Waals surface area contributed by atoms with Gasteiger partial charge in [-0.1, -0.05) is 41.9 Å². The molecule has 23 heavy (non-hydrogen) atoms. The first-order chi connectivity index (χ1) is 11.1. The van der Waals surface area contributed by atoms with Gasteiger partial charge in [-0.3, -0.25) is 4.79 Å². The van der Waals surface area contributed by atoms with Crippen LogP contribution >= 0.6 is 38.9 Å². The maximum atomic E-state index is 12.2. The average molecular weight is 408 g/mol. The van der Waals surface area contributed by atoms with Crippen LogP contribution < -0.4 is 5.32 Å². The van der Waals surface area contributed by atoms with E-state index in [4.69, 9.17) is 11.6 Å². The number of carbonyl (C=O) groups excluding carboxylic acids is 1. The molecule has 0 saturated carbocycles. The molecule has 0 aliphatic rings. The molecule has 3 rings (SSSR count). The second-order valence-electron chi connectivity index (χ2n) is 4.80. The van der Waals surface area contributed by atoms with Crippen LogP contribution in [0.2, 0.25) is 5.02 Å². The number of nitrogens with one attached hydrogen (secondary N) is 1. The zero-order chi connectivity index (χ0) is 16.2. The van der Waals surface area contributed by atoms with Crippen molar-refractivity contribution < 1.29 is 4.79 Å². The van der Waals surface area contributed by atoms with E-state index in [0.29, 0.717) is 21.6 Å². The zero-order valence-electron chi connectivity index (χ0n) is 11.9. The third-order valence-corrected chi connectivity index (χ3v) is 4.97. The Morgan fingerprint density at radius 3 is 2.78 bits per heavy atom. The molecule has 0 atom stereocenters. The van der Waals surface area contributed by atoms with Crippen molar-refractivity contribution in [1.82, 2.24) is 10.3 Å². The van der Waals surface area contributed by atoms with Crippen LogP contribution in [0.3, 0.4) is 0 Å². The molecule has 1 heterocycles. The molecule has 116 valence electrons. The number of halogens is 2. The van der Waals surface area contributed by atoms with Gasteiger partial charge in [-0.25, -0.2) is 4.98 Å². The highest BCUT2D eigenvalue weighted by atomic mass is 79.9. The first kappa shape index (κ1) is 16.2. The van der Waals surface area contributed by atoms with Crippen molar-refractivity contribution in [2.75, 3.05) is 0 Å². The van der Waals surface area contributed by atoms with Crippen molar-refractivity contribution in [1.29, 1.82) is 0 Å². The number of nitrogens with zero attached hydrogens (tertiary/aromatic N) is 1. The molecule has 0 fully saturated rings. The number of benzene rings is 2. The summed E-state index contributed by atoms with van der Waals surface area (Å²) in [5.41, 5.74) is 2.50. The van der Waals surface area contributed by atoms with Crippen molar-refractivity contribution in [2.24, 2.45) is 0 Å². The lowest BCUT2D eigenvalue weighted by atomic mass is 10.2. The lowest BCUT2D eigenvalue weighted by Crippen LogP contribution is -2.23. The standard InChI is InChI=1S/C17H12BrClN2OS/c18-14-7-6-12(19)8-13(14)17(22)20-9-16-21-15(10-23-16)11-4-2-1-3-5-11/h1-8,10H,9H2,(H,20,22). The highest BCUT2D eigenvalue weighted by molar-refractivity contribution is 9.10. The van der Waals surface area contributed by atoms with Crippen LogP contribution in [0.4, 0.5) is 0 Å². The van der Waals surface area contributed by atoms with Crippen LogP contribution in [0.15, 0.2) is 58.4 Å². The molecule has 3 nitrogen and oxygen atoms in total. The Bertz CT molecular complexity index is 836. The quantitative estimate of drug-likeness (QED) is 0.649. The number of amides is 1. The van der Waals surface area contributed by atoms with Crippen molar-refractivity contribution in [3.63, 3.8) is 0 Å². The van der Waals surface area contributed by atoms with Gasteiger partial charge in [0.1, 0.15) is 5.01 Å². The lowest BCUT2D eigenvalue weighted by Gasteiger charge is -2.06. The summed E-state index contributed by atoms with van der Waals surface area (Å²) in [5.74, 6) is -0.184. The first-order valence-electron chi connectivity index (χ1n) is 6.86. The van der Waals surface area contributed by atoms with Gasteiger partial charge in [0.25, 0.3) is 5.91 Å². The highest BCUT2D eigenvalue weighted by Crippen LogP contribution is 2.23. The van der Waals surface area contributed by atoms with Crippen LogP contribution in [-0.4, -0.2) is 10.9 Å². The van der Waals surface area contributed by atoms with Crippen molar-refractivity contribution in [2.45, 2.75) is 6.54 Å². The largest absolute Gasteiger partial charge is 0.345 e. The van der Waals surface area contributed by atoms with Crippen molar-refractivity contribution in [3.8, 4) is 11.3 Å². The second-order valence-corrected chi connectivity index (χ2v) is 7.03. The molecule has 0 aliphatic carbocycles. The number of hydrogen-bond acceptors (Lipinski definition) is 3.